The van der Waals surface area contributed by atoms with Crippen molar-refractivity contribution >= 4 is 21.6 Å². The van der Waals surface area contributed by atoms with Crippen molar-refractivity contribution in [3.63, 3.8) is 0 Å². The molecule has 0 amide bonds. The Morgan fingerprint density at radius 1 is 1.67 bits per heavy atom. The van der Waals surface area contributed by atoms with Crippen LogP contribution in [0.3, 0.4) is 0 Å². The molecule has 1 aliphatic heterocycles. The SMILES string of the molecule is CCn1ncc(NCC2(C)CCCO2)c(Br)c1=O. The molecule has 2 rings (SSSR count). The van der Waals surface area contributed by atoms with Crippen LogP contribution in [0.25, 0.3) is 0 Å². The number of nitrogens with zero attached hydrogens (tertiary/aromatic N) is 2. The highest BCUT2D eigenvalue weighted by atomic mass is 79.9. The number of hydrogen-bond donors (Lipinski definition) is 1. The molecule has 5 nitrogen and oxygen atoms in total. The lowest BCUT2D eigenvalue weighted by atomic mass is 10.0. The van der Waals surface area contributed by atoms with Gasteiger partial charge in [0.2, 0.25) is 0 Å². The van der Waals surface area contributed by atoms with Gasteiger partial charge in [0.05, 0.1) is 17.5 Å². The van der Waals surface area contributed by atoms with Gasteiger partial charge in [0.25, 0.3) is 5.56 Å². The summed E-state index contributed by atoms with van der Waals surface area (Å²) < 4.78 is 7.64. The second-order valence-corrected chi connectivity index (χ2v) is 5.54. The van der Waals surface area contributed by atoms with Crippen molar-refractivity contribution in [3.8, 4) is 0 Å². The molecular formula is C12H18BrN3O2. The molecule has 1 aromatic rings. The third-order valence-corrected chi connectivity index (χ3v) is 4.00. The van der Waals surface area contributed by atoms with Crippen LogP contribution in [0.2, 0.25) is 0 Å². The maximum atomic E-state index is 11.9. The van der Waals surface area contributed by atoms with Crippen molar-refractivity contribution in [1.82, 2.24) is 9.78 Å². The van der Waals surface area contributed by atoms with Gasteiger partial charge < -0.3 is 10.1 Å². The molecule has 0 aromatic carbocycles. The number of hydrogen-bond acceptors (Lipinski definition) is 4. The molecule has 1 unspecified atom stereocenters. The summed E-state index contributed by atoms with van der Waals surface area (Å²) in [6.45, 7) is 6.04. The fourth-order valence-electron chi connectivity index (χ4n) is 2.07. The first-order valence-corrected chi connectivity index (χ1v) is 6.98. The van der Waals surface area contributed by atoms with E-state index in [1.54, 1.807) is 6.20 Å². The van der Waals surface area contributed by atoms with E-state index in [-0.39, 0.29) is 11.2 Å². The van der Waals surface area contributed by atoms with Crippen LogP contribution in [0.4, 0.5) is 5.69 Å². The van der Waals surface area contributed by atoms with E-state index in [9.17, 15) is 4.79 Å². The van der Waals surface area contributed by atoms with E-state index in [2.05, 4.69) is 33.3 Å². The van der Waals surface area contributed by atoms with Crippen LogP contribution in [0, 0.1) is 0 Å². The Morgan fingerprint density at radius 2 is 2.44 bits per heavy atom. The van der Waals surface area contributed by atoms with Crippen molar-refractivity contribution in [3.05, 3.63) is 21.0 Å². The number of ether oxygens (including phenoxy) is 1. The van der Waals surface area contributed by atoms with Gasteiger partial charge in [-0.05, 0) is 42.6 Å². The number of nitrogens with one attached hydrogen (secondary N) is 1. The van der Waals surface area contributed by atoms with Gasteiger partial charge in [-0.3, -0.25) is 4.79 Å². The first-order chi connectivity index (χ1) is 8.56. The largest absolute Gasteiger partial charge is 0.380 e. The molecule has 6 heteroatoms. The van der Waals surface area contributed by atoms with Gasteiger partial charge in [0.1, 0.15) is 4.47 Å². The highest BCUT2D eigenvalue weighted by molar-refractivity contribution is 9.10. The summed E-state index contributed by atoms with van der Waals surface area (Å²) in [5, 5.41) is 7.34. The zero-order chi connectivity index (χ0) is 13.2. The molecule has 1 atom stereocenters. The smallest absolute Gasteiger partial charge is 0.283 e. The lowest BCUT2D eigenvalue weighted by molar-refractivity contribution is 0.0315. The molecule has 1 N–H and O–H groups in total. The molecule has 2 heterocycles. The Kier molecular flexibility index (Phi) is 4.07. The molecule has 1 aromatic heterocycles. The number of halogens is 1. The average molecular weight is 316 g/mol. The van der Waals surface area contributed by atoms with Crippen LogP contribution in [-0.2, 0) is 11.3 Å². The van der Waals surface area contributed by atoms with Gasteiger partial charge >= 0.3 is 0 Å². The minimum atomic E-state index is -0.140. The number of aromatic nitrogens is 2. The van der Waals surface area contributed by atoms with E-state index in [1.165, 1.54) is 4.68 Å². The van der Waals surface area contributed by atoms with Crippen molar-refractivity contribution in [2.75, 3.05) is 18.5 Å². The molecule has 0 saturated carbocycles. The van der Waals surface area contributed by atoms with E-state index in [1.807, 2.05) is 6.92 Å². The maximum absolute atomic E-state index is 11.9. The lowest BCUT2D eigenvalue weighted by Crippen LogP contribution is -2.33. The minimum Gasteiger partial charge on any atom is -0.380 e. The van der Waals surface area contributed by atoms with Gasteiger partial charge in [0.15, 0.2) is 0 Å². The summed E-state index contributed by atoms with van der Waals surface area (Å²) >= 11 is 3.32. The third-order valence-electron chi connectivity index (χ3n) is 3.24. The first-order valence-electron chi connectivity index (χ1n) is 6.19. The van der Waals surface area contributed by atoms with Gasteiger partial charge in [-0.15, -0.1) is 0 Å². The van der Waals surface area contributed by atoms with Crippen molar-refractivity contribution in [1.29, 1.82) is 0 Å². The van der Waals surface area contributed by atoms with Crippen molar-refractivity contribution < 1.29 is 4.74 Å². The quantitative estimate of drug-likeness (QED) is 0.923. The van der Waals surface area contributed by atoms with Gasteiger partial charge in [-0.2, -0.15) is 5.10 Å². The topological polar surface area (TPSA) is 56.1 Å². The van der Waals surface area contributed by atoms with Crippen LogP contribution in [0.1, 0.15) is 26.7 Å². The molecule has 18 heavy (non-hydrogen) atoms. The van der Waals surface area contributed by atoms with E-state index >= 15 is 0 Å². The van der Waals surface area contributed by atoms with Gasteiger partial charge in [-0.1, -0.05) is 0 Å². The number of rotatable bonds is 4. The molecule has 1 fully saturated rings. The van der Waals surface area contributed by atoms with E-state index in [0.717, 1.165) is 25.1 Å². The third kappa shape index (κ3) is 2.75. The van der Waals surface area contributed by atoms with Crippen LogP contribution >= 0.6 is 15.9 Å². The Balaban J connectivity index is 2.10. The van der Waals surface area contributed by atoms with Crippen LogP contribution in [-0.4, -0.2) is 28.5 Å². The predicted molar refractivity (Wildman–Crippen MR) is 74.0 cm³/mol. The molecule has 1 saturated heterocycles. The molecule has 0 aliphatic carbocycles. The second kappa shape index (κ2) is 5.40. The first kappa shape index (κ1) is 13.5. The Hall–Kier alpha value is -0.880. The Bertz CT molecular complexity index is 481. The van der Waals surface area contributed by atoms with Gasteiger partial charge in [-0.25, -0.2) is 4.68 Å². The minimum absolute atomic E-state index is 0.111. The average Bonchev–Trinajstić information content (AvgIpc) is 2.79. The Labute approximate surface area is 115 Å². The van der Waals surface area contributed by atoms with E-state index in [4.69, 9.17) is 4.74 Å². The summed E-state index contributed by atoms with van der Waals surface area (Å²) in [5.74, 6) is 0. The Morgan fingerprint density at radius 3 is 3.06 bits per heavy atom. The monoisotopic (exact) mass is 315 g/mol. The van der Waals surface area contributed by atoms with Crippen molar-refractivity contribution in [2.45, 2.75) is 38.8 Å². The van der Waals surface area contributed by atoms with Crippen LogP contribution in [0.15, 0.2) is 15.5 Å². The summed E-state index contributed by atoms with van der Waals surface area (Å²) in [5.41, 5.74) is 0.473. The summed E-state index contributed by atoms with van der Waals surface area (Å²) in [4.78, 5) is 11.9. The fraction of sp³-hybridized carbons (Fsp3) is 0.667. The zero-order valence-corrected chi connectivity index (χ0v) is 12.3. The van der Waals surface area contributed by atoms with E-state index < -0.39 is 0 Å². The highest BCUT2D eigenvalue weighted by Crippen LogP contribution is 2.26. The summed E-state index contributed by atoms with van der Waals surface area (Å²) in [6, 6.07) is 0. The molecule has 0 radical (unpaired) electrons. The summed E-state index contributed by atoms with van der Waals surface area (Å²) in [7, 11) is 0. The molecule has 0 bridgehead atoms. The number of aryl methyl sites for hydroxylation is 1. The summed E-state index contributed by atoms with van der Waals surface area (Å²) in [6.07, 6.45) is 3.80. The molecule has 0 spiro atoms. The highest BCUT2D eigenvalue weighted by Gasteiger charge is 2.29. The van der Waals surface area contributed by atoms with Gasteiger partial charge in [0, 0.05) is 19.7 Å². The normalized spacial score (nSPS) is 23.3. The predicted octanol–water partition coefficient (Wildman–Crippen LogP) is 2.01. The van der Waals surface area contributed by atoms with Crippen molar-refractivity contribution in [2.24, 2.45) is 0 Å². The standard InChI is InChI=1S/C12H18BrN3O2/c1-3-16-11(17)10(13)9(7-15-16)14-8-12(2)5-4-6-18-12/h7,14H,3-6,8H2,1-2H3. The fourth-order valence-corrected chi connectivity index (χ4v) is 2.52. The molecule has 100 valence electrons. The molecular weight excluding hydrogens is 298 g/mol. The number of anilines is 1. The van der Waals surface area contributed by atoms with Crippen LogP contribution < -0.4 is 10.9 Å². The second-order valence-electron chi connectivity index (χ2n) is 4.75. The van der Waals surface area contributed by atoms with E-state index in [0.29, 0.717) is 17.6 Å². The van der Waals surface area contributed by atoms with Crippen LogP contribution in [0.5, 0.6) is 0 Å². The molecule has 1 aliphatic rings. The maximum Gasteiger partial charge on any atom is 0.283 e. The lowest BCUT2D eigenvalue weighted by Gasteiger charge is -2.24. The zero-order valence-electron chi connectivity index (χ0n) is 10.7.